The highest BCUT2D eigenvalue weighted by atomic mass is 14.9. The standard InChI is InChI=1S/C8H11N3/c1-3-4-7-6(2)8(9)11-5-10-7/h3-5H,1-2H3,(H2,9,10,11)/b4-3-. The Kier molecular flexibility index (Phi) is 2.21. The van der Waals surface area contributed by atoms with Gasteiger partial charge < -0.3 is 5.73 Å². The summed E-state index contributed by atoms with van der Waals surface area (Å²) in [5.74, 6) is 0.549. The first-order valence-electron chi connectivity index (χ1n) is 3.45. The smallest absolute Gasteiger partial charge is 0.130 e. The van der Waals surface area contributed by atoms with Crippen molar-refractivity contribution in [3.63, 3.8) is 0 Å². The first-order chi connectivity index (χ1) is 5.25. The molecule has 0 unspecified atom stereocenters. The van der Waals surface area contributed by atoms with Crippen molar-refractivity contribution in [1.29, 1.82) is 0 Å². The molecular weight excluding hydrogens is 138 g/mol. The molecule has 0 spiro atoms. The van der Waals surface area contributed by atoms with E-state index in [0.717, 1.165) is 11.3 Å². The largest absolute Gasteiger partial charge is 0.383 e. The maximum Gasteiger partial charge on any atom is 0.130 e. The van der Waals surface area contributed by atoms with Crippen LogP contribution < -0.4 is 5.73 Å². The molecule has 0 bridgehead atoms. The highest BCUT2D eigenvalue weighted by Gasteiger charge is 1.98. The Morgan fingerprint density at radius 1 is 1.45 bits per heavy atom. The second kappa shape index (κ2) is 3.14. The van der Waals surface area contributed by atoms with E-state index in [-0.39, 0.29) is 0 Å². The van der Waals surface area contributed by atoms with E-state index >= 15 is 0 Å². The summed E-state index contributed by atoms with van der Waals surface area (Å²) >= 11 is 0. The van der Waals surface area contributed by atoms with Crippen molar-refractivity contribution in [2.45, 2.75) is 13.8 Å². The molecule has 0 saturated heterocycles. The third-order valence-corrected chi connectivity index (χ3v) is 1.49. The lowest BCUT2D eigenvalue weighted by atomic mass is 10.2. The Morgan fingerprint density at radius 3 is 2.82 bits per heavy atom. The normalized spacial score (nSPS) is 10.7. The van der Waals surface area contributed by atoms with Crippen LogP contribution in [-0.2, 0) is 0 Å². The summed E-state index contributed by atoms with van der Waals surface area (Å²) < 4.78 is 0. The van der Waals surface area contributed by atoms with E-state index in [1.165, 1.54) is 6.33 Å². The molecule has 0 aliphatic carbocycles. The molecule has 0 aromatic carbocycles. The first kappa shape index (κ1) is 7.72. The zero-order chi connectivity index (χ0) is 8.27. The van der Waals surface area contributed by atoms with E-state index in [1.54, 1.807) is 0 Å². The van der Waals surface area contributed by atoms with Gasteiger partial charge in [-0.2, -0.15) is 0 Å². The van der Waals surface area contributed by atoms with Crippen molar-refractivity contribution in [3.8, 4) is 0 Å². The predicted octanol–water partition coefficient (Wildman–Crippen LogP) is 1.40. The number of rotatable bonds is 1. The molecule has 0 aliphatic rings. The Hall–Kier alpha value is -1.38. The summed E-state index contributed by atoms with van der Waals surface area (Å²) in [4.78, 5) is 7.91. The fourth-order valence-electron chi connectivity index (χ4n) is 0.804. The second-order valence-corrected chi connectivity index (χ2v) is 2.27. The van der Waals surface area contributed by atoms with E-state index < -0.39 is 0 Å². The summed E-state index contributed by atoms with van der Waals surface area (Å²) in [5, 5.41) is 0. The fraction of sp³-hybridized carbons (Fsp3) is 0.250. The number of hydrogen-bond donors (Lipinski definition) is 1. The minimum Gasteiger partial charge on any atom is -0.383 e. The van der Waals surface area contributed by atoms with Gasteiger partial charge >= 0.3 is 0 Å². The zero-order valence-electron chi connectivity index (χ0n) is 6.70. The van der Waals surface area contributed by atoms with Crippen LogP contribution >= 0.6 is 0 Å². The van der Waals surface area contributed by atoms with Crippen LogP contribution in [0.1, 0.15) is 18.2 Å². The monoisotopic (exact) mass is 149 g/mol. The van der Waals surface area contributed by atoms with E-state index in [9.17, 15) is 0 Å². The maximum absolute atomic E-state index is 5.57. The lowest BCUT2D eigenvalue weighted by Gasteiger charge is -1.99. The SMILES string of the molecule is C/C=C\c1ncnc(N)c1C. The number of allylic oxidation sites excluding steroid dienone is 1. The van der Waals surface area contributed by atoms with Crippen LogP contribution in [0.5, 0.6) is 0 Å². The maximum atomic E-state index is 5.57. The van der Waals surface area contributed by atoms with Gasteiger partial charge in [0.2, 0.25) is 0 Å². The van der Waals surface area contributed by atoms with Gasteiger partial charge in [0.05, 0.1) is 5.69 Å². The molecule has 0 amide bonds. The van der Waals surface area contributed by atoms with Crippen molar-refractivity contribution in [3.05, 3.63) is 23.7 Å². The Bertz CT molecular complexity index is 279. The molecule has 0 aliphatic heterocycles. The zero-order valence-corrected chi connectivity index (χ0v) is 6.70. The minimum atomic E-state index is 0.549. The Balaban J connectivity index is 3.16. The molecule has 1 rings (SSSR count). The number of aromatic nitrogens is 2. The van der Waals surface area contributed by atoms with Gasteiger partial charge in [0.1, 0.15) is 12.1 Å². The number of anilines is 1. The van der Waals surface area contributed by atoms with E-state index in [2.05, 4.69) is 9.97 Å². The number of nitrogens with zero attached hydrogens (tertiary/aromatic N) is 2. The molecular formula is C8H11N3. The predicted molar refractivity (Wildman–Crippen MR) is 45.9 cm³/mol. The highest BCUT2D eigenvalue weighted by molar-refractivity contribution is 5.54. The first-order valence-corrected chi connectivity index (χ1v) is 3.45. The fourth-order valence-corrected chi connectivity index (χ4v) is 0.804. The van der Waals surface area contributed by atoms with Crippen LogP contribution in [0.3, 0.4) is 0 Å². The lowest BCUT2D eigenvalue weighted by Crippen LogP contribution is -1.97. The average Bonchev–Trinajstić information content (AvgIpc) is 1.99. The molecule has 0 radical (unpaired) electrons. The number of hydrogen-bond acceptors (Lipinski definition) is 3. The van der Waals surface area contributed by atoms with Crippen molar-refractivity contribution in [2.75, 3.05) is 5.73 Å². The summed E-state index contributed by atoms with van der Waals surface area (Å²) in [7, 11) is 0. The van der Waals surface area contributed by atoms with Crippen molar-refractivity contribution < 1.29 is 0 Å². The van der Waals surface area contributed by atoms with Crippen LogP contribution in [0.4, 0.5) is 5.82 Å². The van der Waals surface area contributed by atoms with E-state index in [1.807, 2.05) is 26.0 Å². The van der Waals surface area contributed by atoms with Gasteiger partial charge in [-0.05, 0) is 19.9 Å². The summed E-state index contributed by atoms with van der Waals surface area (Å²) in [5.41, 5.74) is 7.39. The minimum absolute atomic E-state index is 0.549. The molecule has 3 nitrogen and oxygen atoms in total. The van der Waals surface area contributed by atoms with Gasteiger partial charge in [-0.25, -0.2) is 9.97 Å². The average molecular weight is 149 g/mol. The molecule has 1 heterocycles. The second-order valence-electron chi connectivity index (χ2n) is 2.27. The van der Waals surface area contributed by atoms with Gasteiger partial charge in [0, 0.05) is 5.56 Å². The molecule has 3 heteroatoms. The molecule has 0 saturated carbocycles. The van der Waals surface area contributed by atoms with Crippen molar-refractivity contribution in [1.82, 2.24) is 9.97 Å². The third kappa shape index (κ3) is 1.55. The summed E-state index contributed by atoms with van der Waals surface area (Å²) in [6, 6.07) is 0. The van der Waals surface area contributed by atoms with Crippen LogP contribution in [0.2, 0.25) is 0 Å². The molecule has 2 N–H and O–H groups in total. The summed E-state index contributed by atoms with van der Waals surface area (Å²) in [6.45, 7) is 3.85. The van der Waals surface area contributed by atoms with Gasteiger partial charge in [-0.1, -0.05) is 6.08 Å². The quantitative estimate of drug-likeness (QED) is 0.656. The topological polar surface area (TPSA) is 51.8 Å². The number of nitrogens with two attached hydrogens (primary N) is 1. The molecule has 0 fully saturated rings. The van der Waals surface area contributed by atoms with E-state index in [4.69, 9.17) is 5.73 Å². The van der Waals surface area contributed by atoms with Crippen LogP contribution in [0.15, 0.2) is 12.4 Å². The third-order valence-electron chi connectivity index (χ3n) is 1.49. The van der Waals surface area contributed by atoms with Crippen LogP contribution in [0.25, 0.3) is 6.08 Å². The van der Waals surface area contributed by atoms with Gasteiger partial charge in [0.25, 0.3) is 0 Å². The van der Waals surface area contributed by atoms with Crippen LogP contribution in [-0.4, -0.2) is 9.97 Å². The van der Waals surface area contributed by atoms with Crippen LogP contribution in [0, 0.1) is 6.92 Å². The molecule has 11 heavy (non-hydrogen) atoms. The number of nitrogen functional groups attached to an aromatic ring is 1. The highest BCUT2D eigenvalue weighted by Crippen LogP contribution is 2.10. The lowest BCUT2D eigenvalue weighted by molar-refractivity contribution is 1.12. The summed E-state index contributed by atoms with van der Waals surface area (Å²) in [6.07, 6.45) is 5.31. The van der Waals surface area contributed by atoms with Gasteiger partial charge in [-0.3, -0.25) is 0 Å². The molecule has 1 aromatic rings. The Morgan fingerprint density at radius 2 is 2.18 bits per heavy atom. The van der Waals surface area contributed by atoms with Gasteiger partial charge in [0.15, 0.2) is 0 Å². The molecule has 58 valence electrons. The molecule has 0 atom stereocenters. The Labute approximate surface area is 66.0 Å². The molecule has 1 aromatic heterocycles. The van der Waals surface area contributed by atoms with E-state index in [0.29, 0.717) is 5.82 Å². The van der Waals surface area contributed by atoms with Crippen molar-refractivity contribution >= 4 is 11.9 Å². The van der Waals surface area contributed by atoms with Crippen molar-refractivity contribution in [2.24, 2.45) is 0 Å². The van der Waals surface area contributed by atoms with Gasteiger partial charge in [-0.15, -0.1) is 0 Å².